The molecule has 640 valence electrons. The Hall–Kier alpha value is -13.2. The molecule has 11 atom stereocenters. The highest BCUT2D eigenvalue weighted by molar-refractivity contribution is 7.86. The molecule has 3 unspecified atom stereocenters. The summed E-state index contributed by atoms with van der Waals surface area (Å²) in [6.45, 7) is -0.928. The van der Waals surface area contributed by atoms with E-state index >= 15 is 0 Å². The number of hydrogen-bond acceptors (Lipinski definition) is 26. The molecule has 23 N–H and O–H groups in total. The van der Waals surface area contributed by atoms with Crippen LogP contribution in [0.25, 0.3) is 0 Å². The van der Waals surface area contributed by atoms with Crippen molar-refractivity contribution in [2.24, 2.45) is 26.6 Å². The van der Waals surface area contributed by atoms with E-state index in [4.69, 9.17) is 11.5 Å². The summed E-state index contributed by atoms with van der Waals surface area (Å²) in [6, 6.07) is 11.0. The van der Waals surface area contributed by atoms with Crippen LogP contribution in [0.15, 0.2) is 123 Å². The summed E-state index contributed by atoms with van der Waals surface area (Å²) >= 11 is 0. The predicted octanol–water partition coefficient (Wildman–Crippen LogP) is -4.29. The molecule has 1 aromatic heterocycles. The van der Waals surface area contributed by atoms with Gasteiger partial charge >= 0.3 is 11.9 Å². The van der Waals surface area contributed by atoms with Gasteiger partial charge < -0.3 is 101 Å². The van der Waals surface area contributed by atoms with Crippen LogP contribution in [0.4, 0.5) is 5.82 Å². The van der Waals surface area contributed by atoms with Gasteiger partial charge in [-0.1, -0.05) is 78.9 Å². The van der Waals surface area contributed by atoms with E-state index in [1.54, 1.807) is 60.7 Å². The third-order valence-corrected chi connectivity index (χ3v) is 20.4. The highest BCUT2D eigenvalue weighted by Crippen LogP contribution is 2.18. The molecule has 5 heterocycles. The quantitative estimate of drug-likeness (QED) is 0.00911. The lowest BCUT2D eigenvalue weighted by molar-refractivity contribution is -0.141. The lowest BCUT2D eigenvalue weighted by Gasteiger charge is -2.27. The van der Waals surface area contributed by atoms with Gasteiger partial charge in [-0.15, -0.1) is 0 Å². The van der Waals surface area contributed by atoms with Crippen LogP contribution in [-0.2, 0) is 90.1 Å². The number of benzene rings is 3. The normalized spacial score (nSPS) is 22.3. The first-order valence-corrected chi connectivity index (χ1v) is 40.1. The van der Waals surface area contributed by atoms with Gasteiger partial charge in [-0.2, -0.15) is 13.5 Å². The maximum absolute atomic E-state index is 14.6. The van der Waals surface area contributed by atoms with Crippen molar-refractivity contribution in [3.05, 3.63) is 126 Å². The van der Waals surface area contributed by atoms with Crippen LogP contribution in [0, 0.1) is 0 Å². The van der Waals surface area contributed by atoms with Gasteiger partial charge in [0, 0.05) is 69.3 Å². The number of nitrogens with zero attached hydrogens (tertiary/aromatic N) is 4. The Morgan fingerprint density at radius 3 is 1.39 bits per heavy atom. The Labute approximate surface area is 683 Å². The Balaban J connectivity index is 0.972. The molecule has 0 saturated carbocycles. The Bertz CT molecular complexity index is 4500. The molecule has 13 amide bonds. The number of rotatable bonds is 34. The number of anilines is 1. The van der Waals surface area contributed by atoms with Crippen LogP contribution >= 0.6 is 0 Å². The molecule has 0 radical (unpaired) electrons. The van der Waals surface area contributed by atoms with Gasteiger partial charge in [0.05, 0.1) is 37.7 Å². The molecule has 0 bridgehead atoms. The fourth-order valence-corrected chi connectivity index (χ4v) is 13.8. The first-order chi connectivity index (χ1) is 56.9. The molecule has 0 aliphatic carbocycles. The van der Waals surface area contributed by atoms with E-state index in [1.807, 2.05) is 0 Å². The number of carboxylic acids is 2. The van der Waals surface area contributed by atoms with Crippen LogP contribution in [0.1, 0.15) is 130 Å². The fourth-order valence-electron chi connectivity index (χ4n) is 13.1. The molecule has 3 aromatic carbocycles. The average Bonchev–Trinajstić information content (AvgIpc) is 1.56. The minimum absolute atomic E-state index is 0.0125. The van der Waals surface area contributed by atoms with Crippen molar-refractivity contribution in [3.8, 4) is 0 Å². The highest BCUT2D eigenvalue weighted by Gasteiger charge is 2.37. The second-order valence-electron chi connectivity index (χ2n) is 28.6. The van der Waals surface area contributed by atoms with Crippen LogP contribution in [0.3, 0.4) is 0 Å². The summed E-state index contributed by atoms with van der Waals surface area (Å²) < 4.78 is 33.6. The van der Waals surface area contributed by atoms with Gasteiger partial charge in [-0.25, -0.2) is 4.98 Å². The second kappa shape index (κ2) is 45.9. The summed E-state index contributed by atoms with van der Waals surface area (Å²) in [5.41, 5.74) is 15.5. The second-order valence-corrected chi connectivity index (χ2v) is 30.0. The number of hydrogen-bond donors (Lipinski definition) is 21. The number of carboxylic acid groups (broad SMARTS) is 2. The zero-order valence-electron chi connectivity index (χ0n) is 64.8. The van der Waals surface area contributed by atoms with Crippen molar-refractivity contribution in [2.75, 3.05) is 44.7 Å². The van der Waals surface area contributed by atoms with Gasteiger partial charge in [0.15, 0.2) is 11.9 Å². The number of aromatic nitrogens is 1. The van der Waals surface area contributed by atoms with Crippen molar-refractivity contribution in [1.82, 2.24) is 84.7 Å². The topological polar surface area (TPSA) is 645 Å². The van der Waals surface area contributed by atoms with E-state index in [0.717, 1.165) is 12.4 Å². The number of nitrogens with one attached hydrogen (secondary N) is 16. The number of hydrazone groups is 1. The van der Waals surface area contributed by atoms with Crippen molar-refractivity contribution in [1.29, 1.82) is 0 Å². The van der Waals surface area contributed by atoms with Crippen LogP contribution in [0.5, 0.6) is 0 Å². The third kappa shape index (κ3) is 31.1. The van der Waals surface area contributed by atoms with E-state index in [1.165, 1.54) is 36.4 Å². The van der Waals surface area contributed by atoms with Crippen LogP contribution in [0.2, 0.25) is 0 Å². The maximum atomic E-state index is 14.6. The van der Waals surface area contributed by atoms with Gasteiger partial charge in [-0.3, -0.25) is 91.9 Å². The maximum Gasteiger partial charge on any atom is 0.305 e. The first kappa shape index (κ1) is 91.3. The number of unbranched alkanes of at least 4 members (excludes halogenated alkanes) is 2. The Morgan fingerprint density at radius 1 is 0.504 bits per heavy atom. The molecule has 4 aliphatic rings. The van der Waals surface area contributed by atoms with Crippen molar-refractivity contribution >= 4 is 123 Å². The summed E-state index contributed by atoms with van der Waals surface area (Å²) in [6.07, 6.45) is 0.956. The molecule has 4 aliphatic heterocycles. The number of aliphatic imine (C=N–C) groups is 2. The van der Waals surface area contributed by atoms with Gasteiger partial charge in [0.2, 0.25) is 70.9 Å². The fraction of sp³-hybridized carbons (Fsp3) is 0.461. The minimum atomic E-state index is -4.62. The number of amides is 13. The van der Waals surface area contributed by atoms with Gasteiger partial charge in [0.25, 0.3) is 16.0 Å². The largest absolute Gasteiger partial charge is 0.481 e. The first-order valence-electron chi connectivity index (χ1n) is 38.7. The number of guanidine groups is 2. The lowest BCUT2D eigenvalue weighted by atomic mass is 10.0. The highest BCUT2D eigenvalue weighted by atomic mass is 32.2. The number of nitrogens with two attached hydrogens (primary N) is 2. The Kier molecular flexibility index (Phi) is 35.2. The van der Waals surface area contributed by atoms with Crippen molar-refractivity contribution in [3.63, 3.8) is 0 Å². The lowest BCUT2D eigenvalue weighted by Crippen LogP contribution is -2.58. The van der Waals surface area contributed by atoms with Gasteiger partial charge in [-0.05, 0) is 113 Å². The molecule has 119 heavy (non-hydrogen) atoms. The zero-order chi connectivity index (χ0) is 86.0. The molecule has 43 heteroatoms. The van der Waals surface area contributed by atoms with E-state index < -0.39 is 190 Å². The molecule has 2 fully saturated rings. The number of carbonyl (C=O) groups excluding carboxylic acids is 13. The summed E-state index contributed by atoms with van der Waals surface area (Å²) in [4.78, 5) is 218. The Morgan fingerprint density at radius 2 is 0.941 bits per heavy atom. The predicted molar refractivity (Wildman–Crippen MR) is 427 cm³/mol. The van der Waals surface area contributed by atoms with Crippen molar-refractivity contribution in [2.45, 2.75) is 187 Å². The summed E-state index contributed by atoms with van der Waals surface area (Å²) in [7, 11) is -4.62. The molecule has 2 saturated heterocycles. The van der Waals surface area contributed by atoms with E-state index in [-0.39, 0.29) is 138 Å². The average molecular weight is 1670 g/mol. The number of pyridine rings is 1. The number of carbonyl (C=O) groups is 15. The van der Waals surface area contributed by atoms with Gasteiger partial charge in [0.1, 0.15) is 65.1 Å². The molecule has 42 nitrogen and oxygen atoms in total. The number of aliphatic carboxylic acids is 2. The van der Waals surface area contributed by atoms with Crippen LogP contribution < -0.4 is 96.6 Å². The van der Waals surface area contributed by atoms with E-state index in [2.05, 4.69) is 105 Å². The zero-order valence-corrected chi connectivity index (χ0v) is 65.7. The monoisotopic (exact) mass is 1670 g/mol. The van der Waals surface area contributed by atoms with E-state index in [9.17, 15) is 95.1 Å². The third-order valence-electron chi connectivity index (χ3n) is 19.4. The smallest absolute Gasteiger partial charge is 0.305 e. The summed E-state index contributed by atoms with van der Waals surface area (Å²) in [5, 5.41) is 63.0. The molecular formula is C76H100N22O20S. The minimum Gasteiger partial charge on any atom is -0.481 e. The molecular weight excluding hydrogens is 1570 g/mol. The SMILES string of the molecule is NC1=NCCC(CC[C@@H]2NC(=O)C(CCCCNC(=O)[C@H](CCC(=O)NCCCC[C@@H]3NC(=O)[C@@H](Cc4ccccc4)NC(=O)[C@H](CC(=O)O)NC(=O)CNC(=O)[C@H](CCC4CCN=C(N)N4)NC3=O)NC(=O)c3ccc(N/N=C\c4ccccc4S(=O)(=O)O)nc3)NC(=O)[C@@H](Cc3ccccc3)NC(=O)[C@H](CC(=O)O)NC(=O)CNC2=O)N1. The standard InChI is InChI=1S/C76H100N22O20S/c77-75-81-33-29-47(87-75)22-24-51-67(108)84-41-61(100)89-56(37-63(102)103)73(114)96-54(35-43-13-3-1-4-14-43)71(112)92-49(69(110)94-51)18-9-11-31-79-60(99)28-26-53(91-65(106)46-21-27-59(83-39-46)98-86-40-45-17-7-8-20-58(45)119(116,117)118)66(107)80-32-12-10-19-50-70(111)95-52(25-23-48-30-34-82-76(78)88-48)68(109)85-42-62(101)90-57(38-64(104)105)74(115)97-55(72(113)93-50)36-44-15-5-2-6-16-44/h1-8,13-17,20-21,27,39-40,47-57H,9-12,18-19,22-26,28-38,41-42H2,(H,79,99)(H,80,107)(H,83,98)(H,84,108)(H,85,109)(H,89,100)(H,90,101)(H,91,106)(H,92,112)(H,93,113)(H,94,110)(H,95,111)(H,96,114)(H,97,115)(H,102,103)(H,104,105)(H3,77,81,87)(H3,78,82,88)(H,116,117,118)/b86-40-/t47?,48?,49-,50?,51-,52-,53-,54+,55+,56-,57-/m0/s1. The van der Waals surface area contributed by atoms with Crippen molar-refractivity contribution < 1.29 is 95.1 Å². The summed E-state index contributed by atoms with van der Waals surface area (Å²) in [5.74, 6) is -14.0. The molecule has 8 rings (SSSR count). The molecule has 0 spiro atoms. The van der Waals surface area contributed by atoms with E-state index in [0.29, 0.717) is 37.1 Å². The van der Waals surface area contributed by atoms with Crippen LogP contribution in [-0.4, -0.2) is 241 Å². The molecule has 4 aromatic rings.